The number of hydrogen-bond donors (Lipinski definition) is 3. The van der Waals surface area contributed by atoms with E-state index in [0.29, 0.717) is 10.9 Å². The number of likely N-dealkylation sites (N-methyl/N-ethyl adjacent to an activating group) is 1. The van der Waals surface area contributed by atoms with E-state index in [1.807, 2.05) is 21.1 Å². The summed E-state index contributed by atoms with van der Waals surface area (Å²) in [6.07, 6.45) is 21.1. The van der Waals surface area contributed by atoms with E-state index >= 15 is 0 Å². The highest BCUT2D eigenvalue weighted by molar-refractivity contribution is 7.53. The average molecular weight is 419 g/mol. The smallest absolute Gasteiger partial charge is 0.362 e. The van der Waals surface area contributed by atoms with Crippen LogP contribution in [0.3, 0.4) is 0 Å². The minimum absolute atomic E-state index is 0.0459. The first-order chi connectivity index (χ1) is 13.0. The molecular formula is C22H45NO4P+. The second-order valence-electron chi connectivity index (χ2n) is 8.94. The van der Waals surface area contributed by atoms with Gasteiger partial charge in [0.25, 0.3) is 0 Å². The quantitative estimate of drug-likeness (QED) is 0.128. The summed E-state index contributed by atoms with van der Waals surface area (Å²) in [6.45, 7) is 2.27. The lowest BCUT2D eigenvalue weighted by atomic mass is 10.1. The van der Waals surface area contributed by atoms with Crippen LogP contribution in [0, 0.1) is 0 Å². The molecule has 0 radical (unpaired) electrons. The van der Waals surface area contributed by atoms with Crippen LogP contribution in [0.1, 0.15) is 84.0 Å². The van der Waals surface area contributed by atoms with Gasteiger partial charge in [0.05, 0.1) is 21.1 Å². The SMILES string of the molecule is CCCCC/C=C\CCC/C=C\CCCCCC(O)(C[N+](C)(C)C)P(=O)(O)O. The van der Waals surface area contributed by atoms with Crippen LogP contribution in [-0.4, -0.2) is 52.4 Å². The monoisotopic (exact) mass is 418 g/mol. The molecule has 5 nitrogen and oxygen atoms in total. The zero-order chi connectivity index (χ0) is 21.5. The number of unbranched alkanes of at least 4 members (excludes halogenated alkanes) is 8. The fourth-order valence-corrected chi connectivity index (χ4v) is 4.32. The maximum absolute atomic E-state index is 11.7. The molecular weight excluding hydrogens is 373 g/mol. The molecule has 3 N–H and O–H groups in total. The molecule has 0 spiro atoms. The van der Waals surface area contributed by atoms with Gasteiger partial charge in [-0.2, -0.15) is 0 Å². The van der Waals surface area contributed by atoms with E-state index in [1.54, 1.807) is 0 Å². The number of allylic oxidation sites excluding steroid dienone is 4. The number of rotatable bonds is 17. The third-order valence-electron chi connectivity index (χ3n) is 4.77. The molecule has 0 heterocycles. The Morgan fingerprint density at radius 2 is 1.25 bits per heavy atom. The van der Waals surface area contributed by atoms with Crippen LogP contribution in [0.4, 0.5) is 0 Å². The van der Waals surface area contributed by atoms with Crippen molar-refractivity contribution in [2.75, 3.05) is 27.7 Å². The Hall–Kier alpha value is -0.450. The van der Waals surface area contributed by atoms with Gasteiger partial charge < -0.3 is 19.4 Å². The van der Waals surface area contributed by atoms with Gasteiger partial charge in [0, 0.05) is 0 Å². The van der Waals surface area contributed by atoms with Crippen molar-refractivity contribution in [3.8, 4) is 0 Å². The average Bonchev–Trinajstić information content (AvgIpc) is 2.56. The van der Waals surface area contributed by atoms with Gasteiger partial charge in [-0.15, -0.1) is 0 Å². The molecule has 0 bridgehead atoms. The largest absolute Gasteiger partial charge is 0.373 e. The van der Waals surface area contributed by atoms with E-state index < -0.39 is 12.9 Å². The van der Waals surface area contributed by atoms with E-state index in [9.17, 15) is 19.5 Å². The lowest BCUT2D eigenvalue weighted by molar-refractivity contribution is -0.875. The van der Waals surface area contributed by atoms with Crippen LogP contribution in [-0.2, 0) is 4.57 Å². The first-order valence-electron chi connectivity index (χ1n) is 10.9. The topological polar surface area (TPSA) is 77.8 Å². The molecule has 1 unspecified atom stereocenters. The van der Waals surface area contributed by atoms with E-state index in [4.69, 9.17) is 0 Å². The molecule has 0 saturated heterocycles. The summed E-state index contributed by atoms with van der Waals surface area (Å²) in [5, 5.41) is 8.56. The lowest BCUT2D eigenvalue weighted by Crippen LogP contribution is -2.49. The van der Waals surface area contributed by atoms with Gasteiger partial charge in [-0.1, -0.05) is 50.5 Å². The van der Waals surface area contributed by atoms with Crippen molar-refractivity contribution in [3.05, 3.63) is 24.3 Å². The van der Waals surface area contributed by atoms with Crippen LogP contribution in [0.2, 0.25) is 0 Å². The Bertz CT molecular complexity index is 493. The highest BCUT2D eigenvalue weighted by atomic mass is 31.2. The van der Waals surface area contributed by atoms with Gasteiger partial charge in [-0.05, 0) is 57.8 Å². The third kappa shape index (κ3) is 14.5. The molecule has 0 rings (SSSR count). The normalized spacial score (nSPS) is 15.5. The molecule has 0 aromatic rings. The van der Waals surface area contributed by atoms with E-state index in [2.05, 4.69) is 31.2 Å². The molecule has 0 fully saturated rings. The van der Waals surface area contributed by atoms with Gasteiger partial charge in [0.15, 0.2) is 0 Å². The molecule has 0 saturated carbocycles. The Kier molecular flexibility index (Phi) is 14.3. The number of quaternary nitrogens is 1. The number of aliphatic hydroxyl groups is 1. The molecule has 28 heavy (non-hydrogen) atoms. The predicted octanol–water partition coefficient (Wildman–Crippen LogP) is 5.37. The van der Waals surface area contributed by atoms with Crippen molar-refractivity contribution < 1.29 is 23.9 Å². The highest BCUT2D eigenvalue weighted by Gasteiger charge is 2.48. The van der Waals surface area contributed by atoms with Crippen molar-refractivity contribution in [3.63, 3.8) is 0 Å². The number of hydrogen-bond acceptors (Lipinski definition) is 2. The third-order valence-corrected chi connectivity index (χ3v) is 6.22. The maximum atomic E-state index is 11.7. The van der Waals surface area contributed by atoms with Gasteiger partial charge in [-0.25, -0.2) is 0 Å². The van der Waals surface area contributed by atoms with Crippen LogP contribution in [0.25, 0.3) is 0 Å². The molecule has 0 aromatic carbocycles. The van der Waals surface area contributed by atoms with Crippen LogP contribution in [0.5, 0.6) is 0 Å². The van der Waals surface area contributed by atoms with Crippen LogP contribution >= 0.6 is 7.60 Å². The lowest BCUT2D eigenvalue weighted by Gasteiger charge is -2.35. The zero-order valence-corrected chi connectivity index (χ0v) is 19.5. The fraction of sp³-hybridized carbons (Fsp3) is 0.818. The molecule has 0 aliphatic rings. The molecule has 6 heteroatoms. The van der Waals surface area contributed by atoms with Crippen LogP contribution < -0.4 is 0 Å². The van der Waals surface area contributed by atoms with E-state index in [1.165, 1.54) is 32.1 Å². The van der Waals surface area contributed by atoms with Crippen molar-refractivity contribution in [2.24, 2.45) is 0 Å². The van der Waals surface area contributed by atoms with Gasteiger partial charge in [0.2, 0.25) is 5.34 Å². The van der Waals surface area contributed by atoms with E-state index in [-0.39, 0.29) is 13.0 Å². The van der Waals surface area contributed by atoms with Gasteiger partial charge in [0.1, 0.15) is 6.54 Å². The van der Waals surface area contributed by atoms with Crippen molar-refractivity contribution in [1.82, 2.24) is 0 Å². The Morgan fingerprint density at radius 1 is 0.786 bits per heavy atom. The molecule has 0 aromatic heterocycles. The van der Waals surface area contributed by atoms with Crippen molar-refractivity contribution >= 4 is 7.60 Å². The first-order valence-corrected chi connectivity index (χ1v) is 12.5. The van der Waals surface area contributed by atoms with Gasteiger partial charge >= 0.3 is 7.60 Å². The molecule has 1 atom stereocenters. The number of nitrogens with zero attached hydrogens (tertiary/aromatic N) is 1. The summed E-state index contributed by atoms with van der Waals surface area (Å²) in [5.41, 5.74) is 0. The van der Waals surface area contributed by atoms with E-state index in [0.717, 1.165) is 32.1 Å². The Labute approximate surface area is 173 Å². The summed E-state index contributed by atoms with van der Waals surface area (Å²) in [7, 11) is 0.929. The van der Waals surface area contributed by atoms with Crippen molar-refractivity contribution in [2.45, 2.75) is 89.3 Å². The molecule has 0 amide bonds. The second kappa shape index (κ2) is 14.5. The second-order valence-corrected chi connectivity index (χ2v) is 10.9. The minimum Gasteiger partial charge on any atom is -0.373 e. The standard InChI is InChI=1S/C22H44NO4P/c1-5-6-7-8-9-10-11-12-13-14-15-16-17-18-19-20-22(24,28(25,26)27)21-23(2,3)4/h9-10,14-15,24H,5-8,11-13,16-21H2,1-4H3,(H-,25,26,27)/p+1/b10-9-,15-14-. The zero-order valence-electron chi connectivity index (χ0n) is 18.6. The fourth-order valence-electron chi connectivity index (χ4n) is 3.26. The van der Waals surface area contributed by atoms with Gasteiger partial charge in [-0.3, -0.25) is 4.57 Å². The van der Waals surface area contributed by atoms with Crippen LogP contribution in [0.15, 0.2) is 24.3 Å². The summed E-state index contributed by atoms with van der Waals surface area (Å²) >= 11 is 0. The predicted molar refractivity (Wildman–Crippen MR) is 119 cm³/mol. The summed E-state index contributed by atoms with van der Waals surface area (Å²) < 4.78 is 12.0. The van der Waals surface area contributed by atoms with Crippen molar-refractivity contribution in [1.29, 1.82) is 0 Å². The summed E-state index contributed by atoms with van der Waals surface area (Å²) in [6, 6.07) is 0. The highest BCUT2D eigenvalue weighted by Crippen LogP contribution is 2.52. The maximum Gasteiger partial charge on any atom is 0.362 e. The Balaban J connectivity index is 3.86. The first kappa shape index (κ1) is 27.5. The summed E-state index contributed by atoms with van der Waals surface area (Å²) in [5.74, 6) is 0. The Morgan fingerprint density at radius 3 is 1.68 bits per heavy atom. The molecule has 166 valence electrons. The molecule has 0 aliphatic carbocycles. The minimum atomic E-state index is -4.55. The summed E-state index contributed by atoms with van der Waals surface area (Å²) in [4.78, 5) is 19.1. The molecule has 0 aliphatic heterocycles.